The SMILES string of the molecule is O=C(O)c1ccc(OCc2ccccc2)c2ccccc12. The molecule has 0 saturated heterocycles. The lowest BCUT2D eigenvalue weighted by atomic mass is 10.0. The van der Waals surface area contributed by atoms with Gasteiger partial charge in [-0.1, -0.05) is 54.6 Å². The van der Waals surface area contributed by atoms with E-state index in [-0.39, 0.29) is 5.56 Å². The van der Waals surface area contributed by atoms with Crippen molar-refractivity contribution in [3.05, 3.63) is 77.9 Å². The Hall–Kier alpha value is -2.81. The number of hydrogen-bond acceptors (Lipinski definition) is 2. The second-order valence-corrected chi connectivity index (χ2v) is 4.74. The van der Waals surface area contributed by atoms with Crippen LogP contribution in [-0.4, -0.2) is 11.1 Å². The fourth-order valence-corrected chi connectivity index (χ4v) is 2.32. The molecule has 3 heteroatoms. The Bertz CT molecular complexity index is 779. The molecule has 21 heavy (non-hydrogen) atoms. The van der Waals surface area contributed by atoms with Crippen molar-refractivity contribution in [3.63, 3.8) is 0 Å². The van der Waals surface area contributed by atoms with Crippen molar-refractivity contribution >= 4 is 16.7 Å². The van der Waals surface area contributed by atoms with E-state index < -0.39 is 5.97 Å². The normalized spacial score (nSPS) is 10.5. The number of hydrogen-bond donors (Lipinski definition) is 1. The van der Waals surface area contributed by atoms with Crippen LogP contribution in [0.15, 0.2) is 66.7 Å². The third-order valence-electron chi connectivity index (χ3n) is 3.35. The van der Waals surface area contributed by atoms with Crippen LogP contribution in [0.1, 0.15) is 15.9 Å². The first-order chi connectivity index (χ1) is 10.3. The van der Waals surface area contributed by atoms with Crippen LogP contribution >= 0.6 is 0 Å². The molecule has 0 heterocycles. The molecule has 104 valence electrons. The zero-order valence-corrected chi connectivity index (χ0v) is 11.3. The fourth-order valence-electron chi connectivity index (χ4n) is 2.32. The number of carboxylic acid groups (broad SMARTS) is 1. The zero-order valence-electron chi connectivity index (χ0n) is 11.3. The van der Waals surface area contributed by atoms with Crippen LogP contribution in [-0.2, 0) is 6.61 Å². The molecule has 0 fully saturated rings. The summed E-state index contributed by atoms with van der Waals surface area (Å²) in [5, 5.41) is 10.7. The monoisotopic (exact) mass is 278 g/mol. The predicted octanol–water partition coefficient (Wildman–Crippen LogP) is 4.12. The maximum absolute atomic E-state index is 11.3. The highest BCUT2D eigenvalue weighted by molar-refractivity contribution is 6.05. The Morgan fingerprint density at radius 1 is 0.857 bits per heavy atom. The maximum Gasteiger partial charge on any atom is 0.336 e. The first kappa shape index (κ1) is 13.2. The van der Waals surface area contributed by atoms with E-state index in [1.54, 1.807) is 18.2 Å². The highest BCUT2D eigenvalue weighted by Crippen LogP contribution is 2.29. The van der Waals surface area contributed by atoms with Gasteiger partial charge in [-0.3, -0.25) is 0 Å². The Morgan fingerprint density at radius 3 is 2.24 bits per heavy atom. The van der Waals surface area contributed by atoms with Crippen LogP contribution in [0.25, 0.3) is 10.8 Å². The summed E-state index contributed by atoms with van der Waals surface area (Å²) in [5.74, 6) is -0.236. The van der Waals surface area contributed by atoms with E-state index in [0.29, 0.717) is 17.7 Å². The van der Waals surface area contributed by atoms with Crippen LogP contribution in [0.2, 0.25) is 0 Å². The summed E-state index contributed by atoms with van der Waals surface area (Å²) in [5.41, 5.74) is 1.36. The minimum Gasteiger partial charge on any atom is -0.488 e. The van der Waals surface area contributed by atoms with Gasteiger partial charge in [-0.2, -0.15) is 0 Å². The van der Waals surface area contributed by atoms with Gasteiger partial charge in [0.1, 0.15) is 12.4 Å². The molecular weight excluding hydrogens is 264 g/mol. The van der Waals surface area contributed by atoms with E-state index in [1.807, 2.05) is 48.5 Å². The van der Waals surface area contributed by atoms with Gasteiger partial charge in [0.2, 0.25) is 0 Å². The topological polar surface area (TPSA) is 46.5 Å². The third kappa shape index (κ3) is 2.72. The van der Waals surface area contributed by atoms with Gasteiger partial charge in [0.25, 0.3) is 0 Å². The largest absolute Gasteiger partial charge is 0.488 e. The summed E-state index contributed by atoms with van der Waals surface area (Å²) in [4.78, 5) is 11.3. The average Bonchev–Trinajstić information content (AvgIpc) is 2.53. The molecule has 0 unspecified atom stereocenters. The van der Waals surface area contributed by atoms with Crippen molar-refractivity contribution in [2.24, 2.45) is 0 Å². The molecular formula is C18H14O3. The molecule has 0 aliphatic rings. The second-order valence-electron chi connectivity index (χ2n) is 4.74. The van der Waals surface area contributed by atoms with Gasteiger partial charge in [-0.15, -0.1) is 0 Å². The molecule has 0 spiro atoms. The summed E-state index contributed by atoms with van der Waals surface area (Å²) < 4.78 is 5.85. The molecule has 0 bridgehead atoms. The van der Waals surface area contributed by atoms with E-state index in [9.17, 15) is 9.90 Å². The van der Waals surface area contributed by atoms with Crippen LogP contribution < -0.4 is 4.74 Å². The Balaban J connectivity index is 1.96. The van der Waals surface area contributed by atoms with Crippen molar-refractivity contribution in [2.45, 2.75) is 6.61 Å². The van der Waals surface area contributed by atoms with E-state index in [4.69, 9.17) is 4.74 Å². The number of fused-ring (bicyclic) bond motifs is 1. The summed E-state index contributed by atoms with van der Waals surface area (Å²) in [6.45, 7) is 0.456. The predicted molar refractivity (Wildman–Crippen MR) is 81.7 cm³/mol. The Morgan fingerprint density at radius 2 is 1.52 bits per heavy atom. The maximum atomic E-state index is 11.3. The summed E-state index contributed by atoms with van der Waals surface area (Å²) >= 11 is 0. The first-order valence-corrected chi connectivity index (χ1v) is 6.67. The fraction of sp³-hybridized carbons (Fsp3) is 0.0556. The highest BCUT2D eigenvalue weighted by Gasteiger charge is 2.11. The minimum absolute atomic E-state index is 0.290. The molecule has 3 aromatic rings. The molecule has 0 aromatic heterocycles. The zero-order chi connectivity index (χ0) is 14.7. The number of ether oxygens (including phenoxy) is 1. The molecule has 3 aromatic carbocycles. The molecule has 3 nitrogen and oxygen atoms in total. The lowest BCUT2D eigenvalue weighted by Gasteiger charge is -2.11. The van der Waals surface area contributed by atoms with Gasteiger partial charge in [0, 0.05) is 5.39 Å². The van der Waals surface area contributed by atoms with E-state index >= 15 is 0 Å². The van der Waals surface area contributed by atoms with E-state index in [2.05, 4.69) is 0 Å². The van der Waals surface area contributed by atoms with Crippen molar-refractivity contribution in [3.8, 4) is 5.75 Å². The third-order valence-corrected chi connectivity index (χ3v) is 3.35. The highest BCUT2D eigenvalue weighted by atomic mass is 16.5. The van der Waals surface area contributed by atoms with Gasteiger partial charge in [-0.05, 0) is 23.1 Å². The lowest BCUT2D eigenvalue weighted by Crippen LogP contribution is -2.00. The molecule has 0 aliphatic carbocycles. The lowest BCUT2D eigenvalue weighted by molar-refractivity contribution is 0.0699. The smallest absolute Gasteiger partial charge is 0.336 e. The van der Waals surface area contributed by atoms with Crippen molar-refractivity contribution in [1.29, 1.82) is 0 Å². The van der Waals surface area contributed by atoms with Crippen LogP contribution in [0.5, 0.6) is 5.75 Å². The van der Waals surface area contributed by atoms with Gasteiger partial charge in [-0.25, -0.2) is 4.79 Å². The molecule has 0 atom stereocenters. The summed E-state index contributed by atoms with van der Waals surface area (Å²) in [7, 11) is 0. The molecule has 3 rings (SSSR count). The quantitative estimate of drug-likeness (QED) is 0.781. The van der Waals surface area contributed by atoms with E-state index in [0.717, 1.165) is 10.9 Å². The number of carboxylic acids is 1. The standard InChI is InChI=1S/C18H14O3/c19-18(20)16-10-11-17(15-9-5-4-8-14(15)16)21-12-13-6-2-1-3-7-13/h1-11H,12H2,(H,19,20). The number of carbonyl (C=O) groups is 1. The molecule has 0 saturated carbocycles. The minimum atomic E-state index is -0.930. The summed E-state index contributed by atoms with van der Waals surface area (Å²) in [6.07, 6.45) is 0. The Kier molecular flexibility index (Phi) is 3.56. The van der Waals surface area contributed by atoms with Crippen molar-refractivity contribution < 1.29 is 14.6 Å². The van der Waals surface area contributed by atoms with Crippen molar-refractivity contribution in [1.82, 2.24) is 0 Å². The number of rotatable bonds is 4. The number of benzene rings is 3. The van der Waals surface area contributed by atoms with Crippen molar-refractivity contribution in [2.75, 3.05) is 0 Å². The molecule has 0 aliphatic heterocycles. The van der Waals surface area contributed by atoms with E-state index in [1.165, 1.54) is 0 Å². The molecule has 0 amide bonds. The van der Waals surface area contributed by atoms with Gasteiger partial charge >= 0.3 is 5.97 Å². The van der Waals surface area contributed by atoms with Crippen LogP contribution in [0, 0.1) is 0 Å². The molecule has 0 radical (unpaired) electrons. The first-order valence-electron chi connectivity index (χ1n) is 6.67. The van der Waals surface area contributed by atoms with Crippen LogP contribution in [0.3, 0.4) is 0 Å². The Labute approximate surface area is 122 Å². The van der Waals surface area contributed by atoms with Gasteiger partial charge < -0.3 is 9.84 Å². The van der Waals surface area contributed by atoms with Crippen LogP contribution in [0.4, 0.5) is 0 Å². The van der Waals surface area contributed by atoms with Gasteiger partial charge in [0.05, 0.1) is 5.56 Å². The second kappa shape index (κ2) is 5.67. The summed E-state index contributed by atoms with van der Waals surface area (Å²) in [6, 6.07) is 20.6. The number of aromatic carboxylic acids is 1. The van der Waals surface area contributed by atoms with Gasteiger partial charge in [0.15, 0.2) is 0 Å². The molecule has 1 N–H and O–H groups in total. The average molecular weight is 278 g/mol.